The summed E-state index contributed by atoms with van der Waals surface area (Å²) in [6.07, 6.45) is 4.86. The summed E-state index contributed by atoms with van der Waals surface area (Å²) < 4.78 is 13.9. The molecule has 0 N–H and O–H groups in total. The van der Waals surface area contributed by atoms with E-state index >= 15 is 0 Å². The van der Waals surface area contributed by atoms with Crippen molar-refractivity contribution in [2.75, 3.05) is 13.1 Å². The molecule has 2 aliphatic rings. The topological polar surface area (TPSA) is 20.3 Å². The Bertz CT molecular complexity index is 183. The average molecular weight is 187 g/mol. The molecule has 0 bridgehead atoms. The Kier molecular flexibility index (Phi) is 2.51. The molecule has 70 valence electrons. The second kappa shape index (κ2) is 3.46. The predicted octanol–water partition coefficient (Wildman–Crippen LogP) is 1.54. The first-order valence-corrected chi connectivity index (χ1v) is 6.10. The van der Waals surface area contributed by atoms with Crippen LogP contribution in [-0.4, -0.2) is 26.9 Å². The van der Waals surface area contributed by atoms with Crippen molar-refractivity contribution in [2.45, 2.75) is 37.9 Å². The zero-order chi connectivity index (χ0) is 8.55. The van der Waals surface area contributed by atoms with Gasteiger partial charge in [0.1, 0.15) is 0 Å². The van der Waals surface area contributed by atoms with Crippen LogP contribution in [0.2, 0.25) is 0 Å². The molecule has 0 aromatic carbocycles. The van der Waals surface area contributed by atoms with Crippen LogP contribution in [0.15, 0.2) is 0 Å². The van der Waals surface area contributed by atoms with Crippen molar-refractivity contribution in [2.24, 2.45) is 5.92 Å². The van der Waals surface area contributed by atoms with Crippen molar-refractivity contribution >= 4 is 11.0 Å². The smallest absolute Gasteiger partial charge is 0.0974 e. The maximum absolute atomic E-state index is 11.7. The third kappa shape index (κ3) is 1.88. The fourth-order valence-corrected chi connectivity index (χ4v) is 3.18. The molecule has 0 spiro atoms. The molecule has 0 amide bonds. The molecule has 0 aromatic heterocycles. The van der Waals surface area contributed by atoms with Crippen LogP contribution >= 0.6 is 0 Å². The third-order valence-electron chi connectivity index (χ3n) is 2.81. The molecule has 0 radical (unpaired) electrons. The molecule has 12 heavy (non-hydrogen) atoms. The van der Waals surface area contributed by atoms with Gasteiger partial charge in [0.05, 0.1) is 11.0 Å². The van der Waals surface area contributed by atoms with E-state index in [9.17, 15) is 4.21 Å². The zero-order valence-corrected chi connectivity index (χ0v) is 8.48. The van der Waals surface area contributed by atoms with E-state index in [2.05, 4.69) is 11.2 Å². The Morgan fingerprint density at radius 2 is 1.75 bits per heavy atom. The highest BCUT2D eigenvalue weighted by Crippen LogP contribution is 2.30. The summed E-state index contributed by atoms with van der Waals surface area (Å²) in [5.74, 6) is 0.845. The molecule has 1 heterocycles. The molecule has 1 aliphatic carbocycles. The first-order chi connectivity index (χ1) is 5.77. The van der Waals surface area contributed by atoms with Crippen molar-refractivity contribution in [1.82, 2.24) is 4.31 Å². The zero-order valence-electron chi connectivity index (χ0n) is 7.66. The van der Waals surface area contributed by atoms with Crippen molar-refractivity contribution in [3.63, 3.8) is 0 Å². The Morgan fingerprint density at radius 1 is 1.17 bits per heavy atom. The first kappa shape index (κ1) is 8.70. The third-order valence-corrected chi connectivity index (χ3v) is 4.72. The molecule has 2 nitrogen and oxygen atoms in total. The second-order valence-corrected chi connectivity index (χ2v) is 5.82. The Morgan fingerprint density at radius 3 is 2.25 bits per heavy atom. The van der Waals surface area contributed by atoms with Crippen LogP contribution in [0, 0.1) is 5.92 Å². The monoisotopic (exact) mass is 187 g/mol. The Hall–Kier alpha value is 0.110. The van der Waals surface area contributed by atoms with E-state index < -0.39 is 11.0 Å². The SMILES string of the molecule is CC1CCN(S(=O)C2CC2)CC1. The molecule has 1 unspecified atom stereocenters. The quantitative estimate of drug-likeness (QED) is 0.642. The normalized spacial score (nSPS) is 30.4. The molecule has 2 fully saturated rings. The first-order valence-electron chi connectivity index (χ1n) is 4.93. The largest absolute Gasteiger partial charge is 0.242 e. The predicted molar refractivity (Wildman–Crippen MR) is 51.1 cm³/mol. The maximum Gasteiger partial charge on any atom is 0.0974 e. The van der Waals surface area contributed by atoms with E-state index in [0.717, 1.165) is 19.0 Å². The van der Waals surface area contributed by atoms with E-state index in [4.69, 9.17) is 0 Å². The van der Waals surface area contributed by atoms with Crippen molar-refractivity contribution in [1.29, 1.82) is 0 Å². The van der Waals surface area contributed by atoms with Crippen LogP contribution in [0.1, 0.15) is 32.6 Å². The number of hydrogen-bond donors (Lipinski definition) is 0. The Balaban J connectivity index is 1.84. The highest BCUT2D eigenvalue weighted by molar-refractivity contribution is 7.83. The molecule has 3 heteroatoms. The second-order valence-electron chi connectivity index (χ2n) is 4.09. The molecule has 2 rings (SSSR count). The van der Waals surface area contributed by atoms with Gasteiger partial charge in [0.2, 0.25) is 0 Å². The van der Waals surface area contributed by atoms with Crippen molar-refractivity contribution in [3.8, 4) is 0 Å². The molecule has 0 aromatic rings. The summed E-state index contributed by atoms with van der Waals surface area (Å²) in [6, 6.07) is 0. The van der Waals surface area contributed by atoms with Gasteiger partial charge in [-0.3, -0.25) is 0 Å². The van der Waals surface area contributed by atoms with Crippen LogP contribution in [0.4, 0.5) is 0 Å². The Labute approximate surface area is 76.9 Å². The minimum Gasteiger partial charge on any atom is -0.242 e. The number of nitrogens with zero attached hydrogens (tertiary/aromatic N) is 1. The van der Waals surface area contributed by atoms with Crippen LogP contribution < -0.4 is 0 Å². The summed E-state index contributed by atoms with van der Waals surface area (Å²) in [4.78, 5) is 0. The van der Waals surface area contributed by atoms with E-state index in [-0.39, 0.29) is 0 Å². The van der Waals surface area contributed by atoms with E-state index in [1.165, 1.54) is 25.7 Å². The number of hydrogen-bond acceptors (Lipinski definition) is 1. The van der Waals surface area contributed by atoms with Gasteiger partial charge in [0.15, 0.2) is 0 Å². The highest BCUT2D eigenvalue weighted by Gasteiger charge is 2.33. The van der Waals surface area contributed by atoms with E-state index in [0.29, 0.717) is 5.25 Å². The molecule has 1 saturated heterocycles. The molecule has 1 atom stereocenters. The minimum absolute atomic E-state index is 0.526. The van der Waals surface area contributed by atoms with Gasteiger partial charge in [-0.1, -0.05) is 6.92 Å². The maximum atomic E-state index is 11.7. The van der Waals surface area contributed by atoms with Gasteiger partial charge in [-0.05, 0) is 31.6 Å². The molecular weight excluding hydrogens is 170 g/mol. The van der Waals surface area contributed by atoms with Crippen LogP contribution in [0.3, 0.4) is 0 Å². The standard InChI is InChI=1S/C9H17NOS/c1-8-4-6-10(7-5-8)12(11)9-2-3-9/h8-9H,2-7H2,1H3. The van der Waals surface area contributed by atoms with Crippen LogP contribution in [-0.2, 0) is 11.0 Å². The van der Waals surface area contributed by atoms with Crippen molar-refractivity contribution < 1.29 is 4.21 Å². The fraction of sp³-hybridized carbons (Fsp3) is 1.00. The van der Waals surface area contributed by atoms with Gasteiger partial charge in [-0.2, -0.15) is 0 Å². The lowest BCUT2D eigenvalue weighted by Crippen LogP contribution is -2.35. The van der Waals surface area contributed by atoms with Gasteiger partial charge in [0, 0.05) is 18.3 Å². The van der Waals surface area contributed by atoms with Gasteiger partial charge in [-0.25, -0.2) is 8.51 Å². The molecule has 1 saturated carbocycles. The van der Waals surface area contributed by atoms with E-state index in [1.54, 1.807) is 0 Å². The lowest BCUT2D eigenvalue weighted by atomic mass is 10.0. The van der Waals surface area contributed by atoms with Gasteiger partial charge >= 0.3 is 0 Å². The minimum atomic E-state index is -0.629. The van der Waals surface area contributed by atoms with Gasteiger partial charge in [-0.15, -0.1) is 0 Å². The summed E-state index contributed by atoms with van der Waals surface area (Å²) in [6.45, 7) is 4.41. The molecule has 1 aliphatic heterocycles. The summed E-state index contributed by atoms with van der Waals surface area (Å²) in [5.41, 5.74) is 0. The van der Waals surface area contributed by atoms with E-state index in [1.807, 2.05) is 0 Å². The molecular formula is C9H17NOS. The fourth-order valence-electron chi connectivity index (χ4n) is 1.65. The number of rotatable bonds is 2. The highest BCUT2D eigenvalue weighted by atomic mass is 32.2. The number of piperidine rings is 1. The lowest BCUT2D eigenvalue weighted by Gasteiger charge is -2.28. The van der Waals surface area contributed by atoms with Crippen LogP contribution in [0.5, 0.6) is 0 Å². The summed E-state index contributed by atoms with van der Waals surface area (Å²) in [5, 5.41) is 0.526. The average Bonchev–Trinajstić information content (AvgIpc) is 2.87. The van der Waals surface area contributed by atoms with Gasteiger partial charge in [0.25, 0.3) is 0 Å². The lowest BCUT2D eigenvalue weighted by molar-refractivity contribution is 0.299. The summed E-state index contributed by atoms with van der Waals surface area (Å²) in [7, 11) is -0.629. The van der Waals surface area contributed by atoms with Crippen LogP contribution in [0.25, 0.3) is 0 Å². The summed E-state index contributed by atoms with van der Waals surface area (Å²) >= 11 is 0. The van der Waals surface area contributed by atoms with Gasteiger partial charge < -0.3 is 0 Å². The van der Waals surface area contributed by atoms with Crippen molar-refractivity contribution in [3.05, 3.63) is 0 Å².